The smallest absolute Gasteiger partial charge is 0.383 e. The molecule has 2 rings (SSSR count). The lowest BCUT2D eigenvalue weighted by Gasteiger charge is -2.20. The topological polar surface area (TPSA) is 85.6 Å². The van der Waals surface area contributed by atoms with Crippen LogP contribution in [0, 0.1) is 11.3 Å². The number of esters is 1. The van der Waals surface area contributed by atoms with Crippen LogP contribution < -0.4 is 4.52 Å². The second-order valence-corrected chi connectivity index (χ2v) is 7.05. The van der Waals surface area contributed by atoms with Crippen molar-refractivity contribution in [3.05, 3.63) is 65.2 Å². The van der Waals surface area contributed by atoms with Gasteiger partial charge in [0.25, 0.3) is 0 Å². The fraction of sp³-hybridized carbons (Fsp3) is 0.222. The molecule has 0 saturated carbocycles. The molecule has 0 amide bonds. The van der Waals surface area contributed by atoms with Crippen LogP contribution in [-0.2, 0) is 20.0 Å². The number of hydrogen-bond acceptors (Lipinski definition) is 6. The first kappa shape index (κ1) is 18.7. The lowest BCUT2D eigenvalue weighted by atomic mass is 10.2. The van der Waals surface area contributed by atoms with Gasteiger partial charge in [-0.25, -0.2) is 9.36 Å². The zero-order chi connectivity index (χ0) is 18.3. The Morgan fingerprint density at radius 1 is 1.16 bits per heavy atom. The lowest BCUT2D eigenvalue weighted by Crippen LogP contribution is -2.07. The van der Waals surface area contributed by atoms with Crippen molar-refractivity contribution in [3.63, 3.8) is 0 Å². The van der Waals surface area contributed by atoms with Crippen LogP contribution in [0.25, 0.3) is 0 Å². The maximum Gasteiger partial charge on any atom is 0.383 e. The molecule has 0 aliphatic carbocycles. The van der Waals surface area contributed by atoms with Crippen molar-refractivity contribution in [2.75, 3.05) is 13.7 Å². The van der Waals surface area contributed by atoms with Gasteiger partial charge in [0.1, 0.15) is 11.3 Å². The van der Waals surface area contributed by atoms with Crippen LogP contribution >= 0.6 is 7.60 Å². The number of rotatable bonds is 7. The zero-order valence-electron chi connectivity index (χ0n) is 14.0. The molecule has 0 radical (unpaired) electrons. The lowest BCUT2D eigenvalue weighted by molar-refractivity contribution is 0.0598. The first-order valence-corrected chi connectivity index (χ1v) is 9.33. The number of benzene rings is 2. The second-order valence-electron chi connectivity index (χ2n) is 5.07. The maximum atomic E-state index is 13.1. The molecular weight excluding hydrogens is 341 g/mol. The molecule has 2 aromatic carbocycles. The summed E-state index contributed by atoms with van der Waals surface area (Å²) >= 11 is 0. The summed E-state index contributed by atoms with van der Waals surface area (Å²) in [4.78, 5) is 11.8. The van der Waals surface area contributed by atoms with Crippen molar-refractivity contribution < 1.29 is 23.1 Å². The van der Waals surface area contributed by atoms with E-state index in [1.165, 1.54) is 19.2 Å². The van der Waals surface area contributed by atoms with Gasteiger partial charge in [0.2, 0.25) is 0 Å². The van der Waals surface area contributed by atoms with E-state index in [0.29, 0.717) is 11.1 Å². The average molecular weight is 359 g/mol. The first-order chi connectivity index (χ1) is 12.0. The second kappa shape index (κ2) is 8.48. The Bertz CT molecular complexity index is 826. The summed E-state index contributed by atoms with van der Waals surface area (Å²) in [6.07, 6.45) is 0.0159. The van der Waals surface area contributed by atoms with E-state index in [1.54, 1.807) is 43.3 Å². The number of para-hydroxylation sites is 1. The van der Waals surface area contributed by atoms with E-state index in [4.69, 9.17) is 19.0 Å². The Morgan fingerprint density at radius 3 is 2.44 bits per heavy atom. The highest BCUT2D eigenvalue weighted by atomic mass is 31.2. The molecule has 0 bridgehead atoms. The maximum absolute atomic E-state index is 13.1. The molecule has 0 fully saturated rings. The van der Waals surface area contributed by atoms with E-state index in [0.717, 1.165) is 0 Å². The van der Waals surface area contributed by atoms with E-state index in [-0.39, 0.29) is 24.1 Å². The van der Waals surface area contributed by atoms with E-state index < -0.39 is 13.6 Å². The van der Waals surface area contributed by atoms with Crippen LogP contribution in [-0.4, -0.2) is 19.7 Å². The molecular formula is C18H18NO5P. The van der Waals surface area contributed by atoms with Gasteiger partial charge < -0.3 is 9.26 Å². The minimum Gasteiger partial charge on any atom is -0.465 e. The van der Waals surface area contributed by atoms with Crippen molar-refractivity contribution >= 4 is 13.6 Å². The Balaban J connectivity index is 2.29. The van der Waals surface area contributed by atoms with Gasteiger partial charge in [0, 0.05) is 0 Å². The summed E-state index contributed by atoms with van der Waals surface area (Å²) in [5.74, 6) is -0.447. The predicted molar refractivity (Wildman–Crippen MR) is 92.5 cm³/mol. The quantitative estimate of drug-likeness (QED) is 0.545. The van der Waals surface area contributed by atoms with E-state index in [2.05, 4.69) is 0 Å². The van der Waals surface area contributed by atoms with Crippen LogP contribution in [0.1, 0.15) is 28.4 Å². The fourth-order valence-corrected chi connectivity index (χ4v) is 3.90. The van der Waals surface area contributed by atoms with Gasteiger partial charge in [-0.2, -0.15) is 5.26 Å². The Morgan fingerprint density at radius 2 is 1.84 bits per heavy atom. The first-order valence-electron chi connectivity index (χ1n) is 7.61. The highest BCUT2D eigenvalue weighted by Crippen LogP contribution is 2.52. The molecule has 6 nitrogen and oxygen atoms in total. The highest BCUT2D eigenvalue weighted by molar-refractivity contribution is 7.53. The molecule has 0 heterocycles. The zero-order valence-corrected chi connectivity index (χ0v) is 14.9. The van der Waals surface area contributed by atoms with Gasteiger partial charge in [-0.3, -0.25) is 4.52 Å². The summed E-state index contributed by atoms with van der Waals surface area (Å²) in [7, 11) is -2.29. The number of nitriles is 1. The van der Waals surface area contributed by atoms with Gasteiger partial charge in [-0.15, -0.1) is 0 Å². The Labute approximate surface area is 146 Å². The number of methoxy groups -OCH3 is 1. The third kappa shape index (κ3) is 4.93. The van der Waals surface area contributed by atoms with E-state index in [1.807, 2.05) is 6.07 Å². The molecule has 0 aliphatic rings. The third-order valence-corrected chi connectivity index (χ3v) is 5.19. The molecule has 25 heavy (non-hydrogen) atoms. The summed E-state index contributed by atoms with van der Waals surface area (Å²) < 4.78 is 28.8. The molecule has 7 heteroatoms. The van der Waals surface area contributed by atoms with Crippen molar-refractivity contribution in [2.45, 2.75) is 13.1 Å². The van der Waals surface area contributed by atoms with Crippen molar-refractivity contribution in [1.29, 1.82) is 5.26 Å². The van der Waals surface area contributed by atoms with Crippen LogP contribution in [0.3, 0.4) is 0 Å². The molecule has 0 aliphatic heterocycles. The number of hydrogen-bond donors (Lipinski definition) is 0. The average Bonchev–Trinajstić information content (AvgIpc) is 2.62. The van der Waals surface area contributed by atoms with Crippen molar-refractivity contribution in [1.82, 2.24) is 0 Å². The van der Waals surface area contributed by atoms with Gasteiger partial charge in [-0.05, 0) is 36.8 Å². The monoisotopic (exact) mass is 359 g/mol. The molecule has 0 N–H and O–H groups in total. The molecule has 130 valence electrons. The molecule has 1 unspecified atom stereocenters. The van der Waals surface area contributed by atoms with Gasteiger partial charge in [-0.1, -0.05) is 24.3 Å². The van der Waals surface area contributed by atoms with E-state index in [9.17, 15) is 9.36 Å². The van der Waals surface area contributed by atoms with Gasteiger partial charge >= 0.3 is 13.6 Å². The summed E-state index contributed by atoms with van der Waals surface area (Å²) in [5, 5.41) is 8.85. The predicted octanol–water partition coefficient (Wildman–Crippen LogP) is 4.15. The molecule has 0 aromatic heterocycles. The van der Waals surface area contributed by atoms with Gasteiger partial charge in [0.15, 0.2) is 0 Å². The molecule has 1 atom stereocenters. The summed E-state index contributed by atoms with van der Waals surface area (Å²) in [6.45, 7) is 1.90. The molecule has 0 spiro atoms. The SMILES string of the molecule is CCOP(=O)(Cc1ccc(C#N)cc1)Oc1ccccc1C(=O)OC. The number of nitrogens with zero attached hydrogens (tertiary/aromatic N) is 1. The fourth-order valence-electron chi connectivity index (χ4n) is 2.18. The summed E-state index contributed by atoms with van der Waals surface area (Å²) in [6, 6.07) is 15.1. The number of carbonyl (C=O) groups is 1. The van der Waals surface area contributed by atoms with Gasteiger partial charge in [0.05, 0.1) is 31.5 Å². The number of carbonyl (C=O) groups excluding carboxylic acids is 1. The Hall–Kier alpha value is -2.61. The molecule has 2 aromatic rings. The molecule has 0 saturated heterocycles. The normalized spacial score (nSPS) is 12.7. The standard InChI is InChI=1S/C18H18NO5P/c1-3-23-25(21,13-15-10-8-14(12-19)9-11-15)24-17-7-5-4-6-16(17)18(20)22-2/h4-11H,3,13H2,1-2H3. The summed E-state index contributed by atoms with van der Waals surface area (Å²) in [5.41, 5.74) is 1.38. The highest BCUT2D eigenvalue weighted by Gasteiger charge is 2.28. The number of ether oxygens (including phenoxy) is 1. The van der Waals surface area contributed by atoms with Crippen LogP contribution in [0.4, 0.5) is 0 Å². The van der Waals surface area contributed by atoms with E-state index >= 15 is 0 Å². The Kier molecular flexibility index (Phi) is 6.35. The van der Waals surface area contributed by atoms with Crippen LogP contribution in [0.15, 0.2) is 48.5 Å². The minimum absolute atomic E-state index is 0.0159. The minimum atomic E-state index is -3.55. The van der Waals surface area contributed by atoms with Crippen molar-refractivity contribution in [2.24, 2.45) is 0 Å². The van der Waals surface area contributed by atoms with Crippen molar-refractivity contribution in [3.8, 4) is 11.8 Å². The van der Waals surface area contributed by atoms with Crippen LogP contribution in [0.5, 0.6) is 5.75 Å². The third-order valence-electron chi connectivity index (χ3n) is 3.31. The largest absolute Gasteiger partial charge is 0.465 e. The van der Waals surface area contributed by atoms with Crippen LogP contribution in [0.2, 0.25) is 0 Å².